The Kier molecular flexibility index (Phi) is 6.47. The molecule has 0 spiro atoms. The summed E-state index contributed by atoms with van der Waals surface area (Å²) in [5, 5.41) is 3.60. The van der Waals surface area contributed by atoms with Crippen molar-refractivity contribution in [3.05, 3.63) is 52.2 Å². The number of nitrogens with one attached hydrogen (secondary N) is 1. The molecule has 0 saturated carbocycles. The maximum Gasteiger partial charge on any atom is 0.291 e. The average Bonchev–Trinajstić information content (AvgIpc) is 3.14. The molecule has 1 aromatic heterocycles. The Morgan fingerprint density at radius 2 is 2.03 bits per heavy atom. The molecule has 2 heterocycles. The second kappa shape index (κ2) is 8.86. The van der Waals surface area contributed by atoms with Gasteiger partial charge >= 0.3 is 0 Å². The van der Waals surface area contributed by atoms with Gasteiger partial charge in [-0.2, -0.15) is 0 Å². The third-order valence-electron chi connectivity index (χ3n) is 5.52. The van der Waals surface area contributed by atoms with Crippen LogP contribution < -0.4 is 10.2 Å². The van der Waals surface area contributed by atoms with Crippen molar-refractivity contribution in [2.75, 3.05) is 38.6 Å². The smallest absolute Gasteiger partial charge is 0.291 e. The van der Waals surface area contributed by atoms with Crippen LogP contribution in [0.3, 0.4) is 0 Å². The molecule has 29 heavy (non-hydrogen) atoms. The minimum absolute atomic E-state index is 0.157. The molecule has 3 rings (SSSR count). The minimum atomic E-state index is -0.183. The second-order valence-corrected chi connectivity index (χ2v) is 8.00. The van der Waals surface area contributed by atoms with Gasteiger partial charge in [0.2, 0.25) is 5.82 Å². The van der Waals surface area contributed by atoms with Crippen LogP contribution in [-0.4, -0.2) is 60.5 Å². The van der Waals surface area contributed by atoms with Gasteiger partial charge in [-0.15, -0.1) is 0 Å². The molecule has 1 saturated heterocycles. The van der Waals surface area contributed by atoms with Crippen molar-refractivity contribution >= 4 is 11.7 Å². The summed E-state index contributed by atoms with van der Waals surface area (Å²) in [6.45, 7) is 8.30. The summed E-state index contributed by atoms with van der Waals surface area (Å²) in [6, 6.07) is 5.66. The van der Waals surface area contributed by atoms with Crippen molar-refractivity contribution in [1.82, 2.24) is 20.2 Å². The van der Waals surface area contributed by atoms with E-state index in [1.165, 1.54) is 11.0 Å². The largest absolute Gasteiger partial charge is 0.355 e. The Bertz CT molecular complexity index is 899. The van der Waals surface area contributed by atoms with E-state index in [-0.39, 0.29) is 17.5 Å². The van der Waals surface area contributed by atoms with Crippen molar-refractivity contribution in [2.24, 2.45) is 0 Å². The van der Waals surface area contributed by atoms with Crippen LogP contribution in [0, 0.1) is 26.6 Å². The fraction of sp³-hybridized carbons (Fsp3) is 0.500. The van der Waals surface area contributed by atoms with Crippen LogP contribution in [0.2, 0.25) is 0 Å². The summed E-state index contributed by atoms with van der Waals surface area (Å²) in [5.41, 5.74) is 3.68. The van der Waals surface area contributed by atoms with Gasteiger partial charge in [-0.25, -0.2) is 14.4 Å². The van der Waals surface area contributed by atoms with Crippen LogP contribution in [0.15, 0.2) is 18.2 Å². The lowest BCUT2D eigenvalue weighted by Crippen LogP contribution is -2.34. The predicted molar refractivity (Wildman–Crippen MR) is 113 cm³/mol. The van der Waals surface area contributed by atoms with Crippen molar-refractivity contribution in [2.45, 2.75) is 39.7 Å². The fourth-order valence-corrected chi connectivity index (χ4v) is 3.62. The fourth-order valence-electron chi connectivity index (χ4n) is 3.62. The van der Waals surface area contributed by atoms with Gasteiger partial charge in [-0.05, 0) is 57.4 Å². The molecule has 1 aliphatic heterocycles. The van der Waals surface area contributed by atoms with Gasteiger partial charge in [0.1, 0.15) is 11.6 Å². The van der Waals surface area contributed by atoms with E-state index in [1.54, 1.807) is 21.0 Å². The first-order valence-corrected chi connectivity index (χ1v) is 10.1. The van der Waals surface area contributed by atoms with Crippen LogP contribution in [0.25, 0.3) is 0 Å². The lowest BCUT2D eigenvalue weighted by molar-refractivity contribution is 0.0815. The number of aryl methyl sites for hydroxylation is 2. The molecule has 1 amide bonds. The van der Waals surface area contributed by atoms with Crippen LogP contribution >= 0.6 is 0 Å². The van der Waals surface area contributed by atoms with Gasteiger partial charge in [0.25, 0.3) is 5.91 Å². The molecule has 0 unspecified atom stereocenters. The molecule has 156 valence electrons. The van der Waals surface area contributed by atoms with Gasteiger partial charge in [0.05, 0.1) is 0 Å². The lowest BCUT2D eigenvalue weighted by atomic mass is 10.1. The molecule has 0 bridgehead atoms. The van der Waals surface area contributed by atoms with Crippen molar-refractivity contribution in [3.63, 3.8) is 0 Å². The van der Waals surface area contributed by atoms with Gasteiger partial charge in [-0.3, -0.25) is 4.79 Å². The van der Waals surface area contributed by atoms with Crippen LogP contribution in [0.4, 0.5) is 10.2 Å². The maximum absolute atomic E-state index is 13.4. The SMILES string of the molecule is Cc1cc(CCN[C@@H]2CCN(c3nc(C(=O)N(C)C)nc(C)c3C)C2)ccc1F. The molecule has 1 N–H and O–H groups in total. The highest BCUT2D eigenvalue weighted by Crippen LogP contribution is 2.24. The molecule has 1 atom stereocenters. The third-order valence-corrected chi connectivity index (χ3v) is 5.52. The van der Waals surface area contributed by atoms with Gasteiger partial charge < -0.3 is 15.1 Å². The molecular weight excluding hydrogens is 369 g/mol. The van der Waals surface area contributed by atoms with E-state index in [4.69, 9.17) is 0 Å². The first-order chi connectivity index (χ1) is 13.8. The van der Waals surface area contributed by atoms with E-state index in [9.17, 15) is 9.18 Å². The van der Waals surface area contributed by atoms with E-state index in [1.807, 2.05) is 26.0 Å². The zero-order chi connectivity index (χ0) is 21.1. The van der Waals surface area contributed by atoms with Crippen LogP contribution in [0.1, 0.15) is 39.4 Å². The number of halogens is 1. The topological polar surface area (TPSA) is 61.4 Å². The summed E-state index contributed by atoms with van der Waals surface area (Å²) in [4.78, 5) is 25.0. The highest BCUT2D eigenvalue weighted by molar-refractivity contribution is 5.90. The van der Waals surface area contributed by atoms with E-state index in [0.717, 1.165) is 55.1 Å². The first-order valence-electron chi connectivity index (χ1n) is 10.1. The number of rotatable bonds is 6. The van der Waals surface area contributed by atoms with Crippen molar-refractivity contribution in [3.8, 4) is 0 Å². The number of nitrogens with zero attached hydrogens (tertiary/aromatic N) is 4. The number of benzene rings is 1. The molecule has 0 aliphatic carbocycles. The molecule has 1 fully saturated rings. The summed E-state index contributed by atoms with van der Waals surface area (Å²) in [7, 11) is 3.41. The Labute approximate surface area is 172 Å². The monoisotopic (exact) mass is 399 g/mol. The van der Waals surface area contributed by atoms with Crippen LogP contribution in [-0.2, 0) is 6.42 Å². The lowest BCUT2D eigenvalue weighted by Gasteiger charge is -2.22. The second-order valence-electron chi connectivity index (χ2n) is 8.00. The number of anilines is 1. The van der Waals surface area contributed by atoms with Gasteiger partial charge in [0.15, 0.2) is 0 Å². The number of amides is 1. The summed E-state index contributed by atoms with van der Waals surface area (Å²) >= 11 is 0. The number of hydrogen-bond donors (Lipinski definition) is 1. The molecule has 2 aromatic rings. The highest BCUT2D eigenvalue weighted by atomic mass is 19.1. The van der Waals surface area contributed by atoms with E-state index >= 15 is 0 Å². The third kappa shape index (κ3) is 4.90. The Morgan fingerprint density at radius 3 is 2.72 bits per heavy atom. The molecule has 6 nitrogen and oxygen atoms in total. The summed E-state index contributed by atoms with van der Waals surface area (Å²) in [6.07, 6.45) is 1.88. The molecular formula is C22H30FN5O. The molecule has 7 heteroatoms. The summed E-state index contributed by atoms with van der Waals surface area (Å²) < 4.78 is 13.4. The molecule has 1 aromatic carbocycles. The zero-order valence-corrected chi connectivity index (χ0v) is 17.9. The minimum Gasteiger partial charge on any atom is -0.355 e. The number of carbonyl (C=O) groups excluding carboxylic acids is 1. The van der Waals surface area contributed by atoms with Crippen molar-refractivity contribution < 1.29 is 9.18 Å². The van der Waals surface area contributed by atoms with E-state index in [0.29, 0.717) is 11.6 Å². The van der Waals surface area contributed by atoms with Gasteiger partial charge in [-0.1, -0.05) is 12.1 Å². The zero-order valence-electron chi connectivity index (χ0n) is 17.9. The predicted octanol–water partition coefficient (Wildman–Crippen LogP) is 2.65. The van der Waals surface area contributed by atoms with Gasteiger partial charge in [0, 0.05) is 44.5 Å². The highest BCUT2D eigenvalue weighted by Gasteiger charge is 2.26. The van der Waals surface area contributed by atoms with E-state index < -0.39 is 0 Å². The number of aromatic nitrogens is 2. The average molecular weight is 400 g/mol. The Morgan fingerprint density at radius 1 is 1.28 bits per heavy atom. The molecule has 0 radical (unpaired) electrons. The molecule has 1 aliphatic rings. The normalized spacial score (nSPS) is 16.3. The summed E-state index contributed by atoms with van der Waals surface area (Å²) in [5.74, 6) is 0.755. The van der Waals surface area contributed by atoms with E-state index in [2.05, 4.69) is 20.2 Å². The Balaban J connectivity index is 1.61. The Hall–Kier alpha value is -2.54. The quantitative estimate of drug-likeness (QED) is 0.809. The number of hydrogen-bond acceptors (Lipinski definition) is 5. The first kappa shape index (κ1) is 21.2. The standard InChI is InChI=1S/C22H30FN5O/c1-14-12-17(6-7-19(14)23)8-10-24-18-9-11-28(13-18)21-15(2)16(3)25-20(26-21)22(29)27(4)5/h6-7,12,18,24H,8-11,13H2,1-5H3/t18-/m1/s1. The van der Waals surface area contributed by atoms with Crippen molar-refractivity contribution in [1.29, 1.82) is 0 Å². The maximum atomic E-state index is 13.4. The number of carbonyl (C=O) groups is 1. The van der Waals surface area contributed by atoms with Crippen LogP contribution in [0.5, 0.6) is 0 Å².